The summed E-state index contributed by atoms with van der Waals surface area (Å²) in [5.41, 5.74) is -0.498. The van der Waals surface area contributed by atoms with E-state index in [-0.39, 0.29) is 38.3 Å². The topological polar surface area (TPSA) is 72.2 Å². The largest absolute Gasteiger partial charge is 0.478 e. The lowest BCUT2D eigenvalue weighted by Crippen LogP contribution is -2.16. The number of hydrogen-bond acceptors (Lipinski definition) is 3. The Bertz CT molecular complexity index is 1100. The summed E-state index contributed by atoms with van der Waals surface area (Å²) in [5, 5.41) is 13.2. The summed E-state index contributed by atoms with van der Waals surface area (Å²) in [6.07, 6.45) is -4.53. The van der Waals surface area contributed by atoms with Gasteiger partial charge in [-0.1, -0.05) is 17.7 Å². The molecule has 1 heterocycles. The predicted molar refractivity (Wildman–Crippen MR) is 92.3 cm³/mol. The zero-order valence-electron chi connectivity index (χ0n) is 14.1. The molecule has 0 unspecified atom stereocenters. The molecule has 140 valence electrons. The van der Waals surface area contributed by atoms with E-state index in [2.05, 4.69) is 5.10 Å². The first-order chi connectivity index (χ1) is 12.5. The Labute approximate surface area is 156 Å². The van der Waals surface area contributed by atoms with Gasteiger partial charge in [0.2, 0.25) is 0 Å². The van der Waals surface area contributed by atoms with Crippen LogP contribution in [0.15, 0.2) is 30.3 Å². The van der Waals surface area contributed by atoms with Crippen LogP contribution in [0.3, 0.4) is 0 Å². The van der Waals surface area contributed by atoms with Gasteiger partial charge in [-0.3, -0.25) is 4.79 Å². The normalized spacial score (nSPS) is 11.8. The number of nitrogens with zero attached hydrogens (tertiary/aromatic N) is 2. The fourth-order valence-electron chi connectivity index (χ4n) is 2.81. The van der Waals surface area contributed by atoms with E-state index in [0.29, 0.717) is 0 Å². The Kier molecular flexibility index (Phi) is 4.47. The van der Waals surface area contributed by atoms with Crippen LogP contribution >= 0.6 is 11.6 Å². The number of benzene rings is 2. The van der Waals surface area contributed by atoms with Gasteiger partial charge in [-0.05, 0) is 43.7 Å². The van der Waals surface area contributed by atoms with Crippen molar-refractivity contribution in [3.05, 3.63) is 63.3 Å². The molecule has 27 heavy (non-hydrogen) atoms. The number of halogens is 4. The van der Waals surface area contributed by atoms with E-state index in [9.17, 15) is 22.8 Å². The van der Waals surface area contributed by atoms with Crippen LogP contribution in [0.4, 0.5) is 13.2 Å². The van der Waals surface area contributed by atoms with Crippen LogP contribution in [0.25, 0.3) is 10.9 Å². The monoisotopic (exact) mass is 396 g/mol. The Morgan fingerprint density at radius 2 is 1.78 bits per heavy atom. The fraction of sp³-hybridized carbons (Fsp3) is 0.167. The molecule has 1 aromatic heterocycles. The lowest BCUT2D eigenvalue weighted by Gasteiger charge is -2.08. The maximum absolute atomic E-state index is 13.1. The van der Waals surface area contributed by atoms with E-state index in [0.717, 1.165) is 16.8 Å². The van der Waals surface area contributed by atoms with Gasteiger partial charge in [0.25, 0.3) is 5.91 Å². The summed E-state index contributed by atoms with van der Waals surface area (Å²) in [4.78, 5) is 24.0. The lowest BCUT2D eigenvalue weighted by atomic mass is 10.1. The maximum atomic E-state index is 13.1. The first-order valence-corrected chi connectivity index (χ1v) is 8.04. The van der Waals surface area contributed by atoms with Gasteiger partial charge in [-0.25, -0.2) is 4.79 Å². The molecule has 3 aromatic rings. The molecule has 0 atom stereocenters. The number of aryl methyl sites for hydroxylation is 2. The van der Waals surface area contributed by atoms with E-state index < -0.39 is 23.6 Å². The average Bonchev–Trinajstić information content (AvgIpc) is 2.91. The molecule has 5 nitrogen and oxygen atoms in total. The summed E-state index contributed by atoms with van der Waals surface area (Å²) in [5.74, 6) is -2.03. The molecule has 0 fully saturated rings. The third-order valence-electron chi connectivity index (χ3n) is 4.19. The second-order valence-corrected chi connectivity index (χ2v) is 6.34. The average molecular weight is 397 g/mol. The van der Waals surface area contributed by atoms with Crippen LogP contribution in [0, 0.1) is 13.8 Å². The van der Waals surface area contributed by atoms with Crippen molar-refractivity contribution in [3.63, 3.8) is 0 Å². The van der Waals surface area contributed by atoms with Crippen LogP contribution < -0.4 is 0 Å². The lowest BCUT2D eigenvalue weighted by molar-refractivity contribution is -0.137. The van der Waals surface area contributed by atoms with Crippen LogP contribution in [0.5, 0.6) is 0 Å². The summed E-state index contributed by atoms with van der Waals surface area (Å²) in [7, 11) is 0. The quantitative estimate of drug-likeness (QED) is 0.680. The number of carbonyl (C=O) groups excluding carboxylic acids is 1. The highest BCUT2D eigenvalue weighted by Gasteiger charge is 2.32. The predicted octanol–water partition coefficient (Wildman–Crippen LogP) is 4.71. The second kappa shape index (κ2) is 6.38. The molecule has 9 heteroatoms. The number of carboxylic acids is 1. The standard InChI is InChI=1S/C18H12ClF3N2O3/c1-8-6-10(18(20,21)22)7-13-9(2)24(23-15(8)13)16(25)11-4-3-5-12(14(11)19)17(26)27/h3-7H,1-2H3,(H,26,27). The molecule has 0 aliphatic heterocycles. The van der Waals surface area contributed by atoms with Gasteiger partial charge >= 0.3 is 12.1 Å². The molecular weight excluding hydrogens is 385 g/mol. The van der Waals surface area contributed by atoms with Gasteiger partial charge in [0.15, 0.2) is 0 Å². The number of aromatic carboxylic acids is 1. The van der Waals surface area contributed by atoms with E-state index >= 15 is 0 Å². The van der Waals surface area contributed by atoms with Crippen LogP contribution in [0.1, 0.15) is 37.5 Å². The van der Waals surface area contributed by atoms with Gasteiger partial charge < -0.3 is 5.11 Å². The van der Waals surface area contributed by atoms with E-state index in [1.807, 2.05) is 0 Å². The number of alkyl halides is 3. The minimum Gasteiger partial charge on any atom is -0.478 e. The smallest absolute Gasteiger partial charge is 0.416 e. The highest BCUT2D eigenvalue weighted by molar-refractivity contribution is 6.36. The molecule has 3 rings (SSSR count). The van der Waals surface area contributed by atoms with Gasteiger partial charge in [-0.15, -0.1) is 0 Å². The maximum Gasteiger partial charge on any atom is 0.416 e. The number of carboxylic acid groups (broad SMARTS) is 1. The summed E-state index contributed by atoms with van der Waals surface area (Å²) in [6.45, 7) is 2.93. The summed E-state index contributed by atoms with van der Waals surface area (Å²) < 4.78 is 40.1. The molecule has 2 aromatic carbocycles. The van der Waals surface area contributed by atoms with Crippen molar-refractivity contribution in [2.24, 2.45) is 0 Å². The van der Waals surface area contributed by atoms with Crippen molar-refractivity contribution in [1.82, 2.24) is 9.78 Å². The van der Waals surface area contributed by atoms with Gasteiger partial charge in [0, 0.05) is 5.39 Å². The number of aromatic nitrogens is 2. The fourth-order valence-corrected chi connectivity index (χ4v) is 3.10. The highest BCUT2D eigenvalue weighted by atomic mass is 35.5. The van der Waals surface area contributed by atoms with E-state index in [4.69, 9.17) is 16.7 Å². The van der Waals surface area contributed by atoms with Gasteiger partial charge in [-0.2, -0.15) is 23.0 Å². The minimum absolute atomic E-state index is 0.110. The van der Waals surface area contributed by atoms with Crippen LogP contribution in [-0.4, -0.2) is 26.8 Å². The number of fused-ring (bicyclic) bond motifs is 1. The molecule has 0 saturated heterocycles. The molecular formula is C18H12ClF3N2O3. The summed E-state index contributed by atoms with van der Waals surface area (Å²) >= 11 is 6.02. The molecule has 0 aliphatic rings. The van der Waals surface area contributed by atoms with Crippen molar-refractivity contribution in [1.29, 1.82) is 0 Å². The van der Waals surface area contributed by atoms with Crippen molar-refractivity contribution in [2.75, 3.05) is 0 Å². The number of carbonyl (C=O) groups is 2. The molecule has 0 bridgehead atoms. The van der Waals surface area contributed by atoms with Gasteiger partial charge in [0.05, 0.1) is 32.9 Å². The highest BCUT2D eigenvalue weighted by Crippen LogP contribution is 2.34. The third-order valence-corrected chi connectivity index (χ3v) is 4.59. The van der Waals surface area contributed by atoms with Crippen LogP contribution in [0.2, 0.25) is 5.02 Å². The Morgan fingerprint density at radius 1 is 1.15 bits per heavy atom. The Hall–Kier alpha value is -2.87. The zero-order valence-corrected chi connectivity index (χ0v) is 14.8. The molecule has 0 spiro atoms. The van der Waals surface area contributed by atoms with Crippen molar-refractivity contribution < 1.29 is 27.9 Å². The third kappa shape index (κ3) is 3.16. The second-order valence-electron chi connectivity index (χ2n) is 5.96. The van der Waals surface area contributed by atoms with E-state index in [1.165, 1.54) is 32.0 Å². The molecule has 0 aliphatic carbocycles. The SMILES string of the molecule is Cc1cc(C(F)(F)F)cc2c(C)n(C(=O)c3cccc(C(=O)O)c3Cl)nc12. The minimum atomic E-state index is -4.53. The molecule has 0 saturated carbocycles. The molecule has 0 amide bonds. The summed E-state index contributed by atoms with van der Waals surface area (Å²) in [6, 6.07) is 5.82. The van der Waals surface area contributed by atoms with Gasteiger partial charge in [0.1, 0.15) is 0 Å². The van der Waals surface area contributed by atoms with Crippen LogP contribution in [-0.2, 0) is 6.18 Å². The number of hydrogen-bond donors (Lipinski definition) is 1. The Morgan fingerprint density at radius 3 is 2.37 bits per heavy atom. The van der Waals surface area contributed by atoms with Crippen molar-refractivity contribution >= 4 is 34.4 Å². The van der Waals surface area contributed by atoms with Crippen molar-refractivity contribution in [2.45, 2.75) is 20.0 Å². The van der Waals surface area contributed by atoms with E-state index in [1.54, 1.807) is 0 Å². The molecule has 1 N–H and O–H groups in total. The first-order valence-electron chi connectivity index (χ1n) is 7.66. The zero-order chi connectivity index (χ0) is 20.1. The van der Waals surface area contributed by atoms with Crippen molar-refractivity contribution in [3.8, 4) is 0 Å². The Balaban J connectivity index is 2.20. The molecule has 0 radical (unpaired) electrons. The first kappa shape index (κ1) is 18.9. The number of rotatable bonds is 2.